The van der Waals surface area contributed by atoms with Crippen LogP contribution in [0.15, 0.2) is 48.8 Å². The van der Waals surface area contributed by atoms with E-state index in [-0.39, 0.29) is 30.4 Å². The van der Waals surface area contributed by atoms with E-state index < -0.39 is 0 Å². The number of benzene rings is 1. The molecule has 0 saturated carbocycles. The number of pyridine rings is 1. The van der Waals surface area contributed by atoms with Crippen molar-refractivity contribution in [3.63, 3.8) is 0 Å². The third-order valence-electron chi connectivity index (χ3n) is 4.22. The van der Waals surface area contributed by atoms with Gasteiger partial charge < -0.3 is 15.5 Å². The van der Waals surface area contributed by atoms with Gasteiger partial charge in [0.05, 0.1) is 5.56 Å². The molecule has 6 heteroatoms. The van der Waals surface area contributed by atoms with Crippen LogP contribution in [0.25, 0.3) is 0 Å². The summed E-state index contributed by atoms with van der Waals surface area (Å²) in [6.07, 6.45) is 3.18. The summed E-state index contributed by atoms with van der Waals surface area (Å²) in [5.74, 6) is -0.142. The molecule has 1 atom stereocenters. The second-order valence-corrected chi connectivity index (χ2v) is 6.45. The summed E-state index contributed by atoms with van der Waals surface area (Å²) < 4.78 is 0. The van der Waals surface area contributed by atoms with Gasteiger partial charge in [0.1, 0.15) is 12.7 Å². The Kier molecular flexibility index (Phi) is 4.97. The molecule has 6 nitrogen and oxygen atoms in total. The molecule has 0 bridgehead atoms. The van der Waals surface area contributed by atoms with Crippen molar-refractivity contribution < 1.29 is 9.59 Å². The highest BCUT2D eigenvalue weighted by Gasteiger charge is 2.34. The van der Waals surface area contributed by atoms with E-state index in [0.717, 1.165) is 11.3 Å². The van der Waals surface area contributed by atoms with Gasteiger partial charge in [0.2, 0.25) is 5.91 Å². The van der Waals surface area contributed by atoms with Crippen molar-refractivity contribution in [2.24, 2.45) is 5.92 Å². The first kappa shape index (κ1) is 17.0. The number of carbonyl (C=O) groups excluding carboxylic acids is 2. The first-order valence-corrected chi connectivity index (χ1v) is 8.38. The maximum Gasteiger partial charge on any atom is 0.258 e. The van der Waals surface area contributed by atoms with Gasteiger partial charge in [-0.3, -0.25) is 14.6 Å². The number of fused-ring (bicyclic) bond motifs is 1. The SMILES string of the molecule is CC(C)[C@@H]1Nc2ccccc2C(=O)N1CC(=O)NCc1cccnc1. The molecule has 0 saturated heterocycles. The zero-order valence-corrected chi connectivity index (χ0v) is 14.4. The third kappa shape index (κ3) is 3.79. The molecule has 2 N–H and O–H groups in total. The topological polar surface area (TPSA) is 74.3 Å². The van der Waals surface area contributed by atoms with Gasteiger partial charge in [0.25, 0.3) is 5.91 Å². The quantitative estimate of drug-likeness (QED) is 0.877. The Morgan fingerprint density at radius 2 is 2.08 bits per heavy atom. The molecule has 130 valence electrons. The van der Waals surface area contributed by atoms with E-state index in [1.807, 2.05) is 44.2 Å². The minimum Gasteiger partial charge on any atom is -0.364 e. The molecule has 0 radical (unpaired) electrons. The molecule has 2 aromatic rings. The Morgan fingerprint density at radius 1 is 1.28 bits per heavy atom. The molecule has 0 aliphatic carbocycles. The maximum atomic E-state index is 12.8. The standard InChI is InChI=1S/C19H22N4O2/c1-13(2)18-22-16-8-4-3-7-15(16)19(25)23(18)12-17(24)21-11-14-6-5-9-20-10-14/h3-10,13,18,22H,11-12H2,1-2H3,(H,21,24)/t18-/m1/s1. The zero-order valence-electron chi connectivity index (χ0n) is 14.4. The number of hydrogen-bond acceptors (Lipinski definition) is 4. The van der Waals surface area contributed by atoms with Gasteiger partial charge in [0.15, 0.2) is 0 Å². The number of hydrogen-bond donors (Lipinski definition) is 2. The molecular weight excluding hydrogens is 316 g/mol. The second kappa shape index (κ2) is 7.34. The van der Waals surface area contributed by atoms with Crippen molar-refractivity contribution in [3.8, 4) is 0 Å². The molecule has 1 aromatic heterocycles. The number of nitrogens with zero attached hydrogens (tertiary/aromatic N) is 2. The number of para-hydroxylation sites is 1. The summed E-state index contributed by atoms with van der Waals surface area (Å²) in [5, 5.41) is 6.22. The minimum absolute atomic E-state index is 0.0171. The predicted molar refractivity (Wildman–Crippen MR) is 95.8 cm³/mol. The van der Waals surface area contributed by atoms with Crippen LogP contribution in [0.1, 0.15) is 29.8 Å². The maximum absolute atomic E-state index is 12.8. The fourth-order valence-electron chi connectivity index (χ4n) is 2.92. The Hall–Kier alpha value is -2.89. The van der Waals surface area contributed by atoms with E-state index in [2.05, 4.69) is 15.6 Å². The van der Waals surface area contributed by atoms with Crippen LogP contribution in [0.3, 0.4) is 0 Å². The summed E-state index contributed by atoms with van der Waals surface area (Å²) in [4.78, 5) is 30.8. The van der Waals surface area contributed by atoms with Crippen LogP contribution in [-0.2, 0) is 11.3 Å². The lowest BCUT2D eigenvalue weighted by Gasteiger charge is -2.39. The molecule has 3 rings (SSSR count). The average Bonchev–Trinajstić information content (AvgIpc) is 2.63. The molecule has 1 aromatic carbocycles. The van der Waals surface area contributed by atoms with E-state index >= 15 is 0 Å². The van der Waals surface area contributed by atoms with Gasteiger partial charge in [-0.2, -0.15) is 0 Å². The number of amides is 2. The number of aromatic nitrogens is 1. The molecule has 0 unspecified atom stereocenters. The average molecular weight is 338 g/mol. The van der Waals surface area contributed by atoms with Crippen molar-refractivity contribution in [1.29, 1.82) is 0 Å². The minimum atomic E-state index is -0.216. The van der Waals surface area contributed by atoms with Gasteiger partial charge in [-0.25, -0.2) is 0 Å². The highest BCUT2D eigenvalue weighted by molar-refractivity contribution is 6.03. The van der Waals surface area contributed by atoms with Gasteiger partial charge in [-0.1, -0.05) is 32.0 Å². The van der Waals surface area contributed by atoms with E-state index in [0.29, 0.717) is 12.1 Å². The molecule has 2 amide bonds. The van der Waals surface area contributed by atoms with Crippen LogP contribution in [0.2, 0.25) is 0 Å². The first-order chi connectivity index (χ1) is 12.1. The van der Waals surface area contributed by atoms with Crippen molar-refractivity contribution in [2.75, 3.05) is 11.9 Å². The Bertz CT molecular complexity index is 761. The highest BCUT2D eigenvalue weighted by Crippen LogP contribution is 2.27. The van der Waals surface area contributed by atoms with Crippen LogP contribution < -0.4 is 10.6 Å². The molecule has 2 heterocycles. The molecular formula is C19H22N4O2. The van der Waals surface area contributed by atoms with Gasteiger partial charge >= 0.3 is 0 Å². The molecule has 1 aliphatic heterocycles. The van der Waals surface area contributed by atoms with Crippen molar-refractivity contribution in [2.45, 2.75) is 26.6 Å². The highest BCUT2D eigenvalue weighted by atomic mass is 16.2. The van der Waals surface area contributed by atoms with Crippen molar-refractivity contribution >= 4 is 17.5 Å². The van der Waals surface area contributed by atoms with E-state index in [4.69, 9.17) is 0 Å². The largest absolute Gasteiger partial charge is 0.364 e. The third-order valence-corrected chi connectivity index (χ3v) is 4.22. The number of anilines is 1. The first-order valence-electron chi connectivity index (χ1n) is 8.38. The van der Waals surface area contributed by atoms with Crippen LogP contribution >= 0.6 is 0 Å². The molecule has 25 heavy (non-hydrogen) atoms. The number of nitrogens with one attached hydrogen (secondary N) is 2. The van der Waals surface area contributed by atoms with Crippen molar-refractivity contribution in [1.82, 2.24) is 15.2 Å². The van der Waals surface area contributed by atoms with Gasteiger partial charge in [-0.15, -0.1) is 0 Å². The van der Waals surface area contributed by atoms with E-state index in [9.17, 15) is 9.59 Å². The van der Waals surface area contributed by atoms with Gasteiger partial charge in [0, 0.05) is 24.6 Å². The summed E-state index contributed by atoms with van der Waals surface area (Å²) in [6, 6.07) is 11.1. The second-order valence-electron chi connectivity index (χ2n) is 6.45. The number of carbonyl (C=O) groups is 2. The van der Waals surface area contributed by atoms with Crippen LogP contribution in [-0.4, -0.2) is 34.4 Å². The van der Waals surface area contributed by atoms with Crippen molar-refractivity contribution in [3.05, 3.63) is 59.9 Å². The monoisotopic (exact) mass is 338 g/mol. The zero-order chi connectivity index (χ0) is 17.8. The normalized spacial score (nSPS) is 16.4. The van der Waals surface area contributed by atoms with E-state index in [1.165, 1.54) is 0 Å². The smallest absolute Gasteiger partial charge is 0.258 e. The molecule has 0 spiro atoms. The molecule has 1 aliphatic rings. The summed E-state index contributed by atoms with van der Waals surface area (Å²) in [7, 11) is 0. The van der Waals surface area contributed by atoms with Crippen LogP contribution in [0.4, 0.5) is 5.69 Å². The van der Waals surface area contributed by atoms with E-state index in [1.54, 1.807) is 23.4 Å². The summed E-state index contributed by atoms with van der Waals surface area (Å²) in [5.41, 5.74) is 2.34. The molecule has 0 fully saturated rings. The Morgan fingerprint density at radius 3 is 2.80 bits per heavy atom. The van der Waals surface area contributed by atoms with Gasteiger partial charge in [-0.05, 0) is 29.7 Å². The number of rotatable bonds is 5. The lowest BCUT2D eigenvalue weighted by Crippen LogP contribution is -2.54. The lowest BCUT2D eigenvalue weighted by molar-refractivity contribution is -0.122. The summed E-state index contributed by atoms with van der Waals surface area (Å²) in [6.45, 7) is 4.47. The lowest BCUT2D eigenvalue weighted by atomic mass is 10.0. The van der Waals surface area contributed by atoms with Crippen LogP contribution in [0, 0.1) is 5.92 Å². The summed E-state index contributed by atoms with van der Waals surface area (Å²) >= 11 is 0. The Labute approximate surface area is 147 Å². The fraction of sp³-hybridized carbons (Fsp3) is 0.316. The Balaban J connectivity index is 1.71. The van der Waals surface area contributed by atoms with Crippen LogP contribution in [0.5, 0.6) is 0 Å². The fourth-order valence-corrected chi connectivity index (χ4v) is 2.92. The predicted octanol–water partition coefficient (Wildman–Crippen LogP) is 2.25.